The van der Waals surface area contributed by atoms with Gasteiger partial charge in [-0.3, -0.25) is 0 Å². The Morgan fingerprint density at radius 3 is 2.80 bits per heavy atom. The van der Waals surface area contributed by atoms with Gasteiger partial charge in [0.1, 0.15) is 11.3 Å². The summed E-state index contributed by atoms with van der Waals surface area (Å²) in [7, 11) is 0. The van der Waals surface area contributed by atoms with Gasteiger partial charge in [-0.05, 0) is 24.3 Å². The van der Waals surface area contributed by atoms with Crippen LogP contribution < -0.4 is 10.5 Å². The molecule has 0 saturated heterocycles. The Morgan fingerprint density at radius 1 is 1.15 bits per heavy atom. The summed E-state index contributed by atoms with van der Waals surface area (Å²) in [6.45, 7) is -0.0584. The highest BCUT2D eigenvalue weighted by atomic mass is 19.1. The molecular formula is C14H10F2N2O2. The Kier molecular flexibility index (Phi) is 2.98. The molecule has 4 nitrogen and oxygen atoms in total. The standard InChI is InChI=1S/C14H10F2N2O2/c15-8-1-4-12(10(16)5-8)19-7-14-18-11-3-2-9(17)6-13(11)20-14/h1-6H,7,17H2. The van der Waals surface area contributed by atoms with E-state index in [1.807, 2.05) is 0 Å². The molecule has 6 heteroatoms. The lowest BCUT2D eigenvalue weighted by molar-refractivity contribution is 0.255. The summed E-state index contributed by atoms with van der Waals surface area (Å²) in [4.78, 5) is 4.17. The number of aromatic nitrogens is 1. The van der Waals surface area contributed by atoms with Crippen molar-refractivity contribution in [1.82, 2.24) is 4.98 Å². The van der Waals surface area contributed by atoms with E-state index in [9.17, 15) is 8.78 Å². The normalized spacial score (nSPS) is 10.9. The van der Waals surface area contributed by atoms with Crippen molar-refractivity contribution in [3.05, 3.63) is 53.9 Å². The van der Waals surface area contributed by atoms with Gasteiger partial charge < -0.3 is 14.9 Å². The molecular weight excluding hydrogens is 266 g/mol. The molecule has 3 aromatic rings. The van der Waals surface area contributed by atoms with E-state index in [1.165, 1.54) is 6.07 Å². The highest BCUT2D eigenvalue weighted by molar-refractivity contribution is 5.76. The summed E-state index contributed by atoms with van der Waals surface area (Å²) in [5, 5.41) is 0. The molecule has 0 fully saturated rings. The largest absolute Gasteiger partial charge is 0.481 e. The fraction of sp³-hybridized carbons (Fsp3) is 0.0714. The number of rotatable bonds is 3. The van der Waals surface area contributed by atoms with Crippen LogP contribution in [0.3, 0.4) is 0 Å². The van der Waals surface area contributed by atoms with Gasteiger partial charge in [-0.15, -0.1) is 0 Å². The van der Waals surface area contributed by atoms with Crippen molar-refractivity contribution < 1.29 is 17.9 Å². The number of anilines is 1. The Hall–Kier alpha value is -2.63. The second kappa shape index (κ2) is 4.80. The van der Waals surface area contributed by atoms with Gasteiger partial charge in [-0.25, -0.2) is 13.8 Å². The van der Waals surface area contributed by atoms with Crippen LogP contribution in [-0.4, -0.2) is 4.98 Å². The second-order valence-electron chi connectivity index (χ2n) is 4.20. The van der Waals surface area contributed by atoms with Crippen LogP contribution in [0.2, 0.25) is 0 Å². The van der Waals surface area contributed by atoms with E-state index in [0.717, 1.165) is 12.1 Å². The molecule has 0 amide bonds. The van der Waals surface area contributed by atoms with Crippen LogP contribution in [0.4, 0.5) is 14.5 Å². The van der Waals surface area contributed by atoms with Crippen LogP contribution in [0.15, 0.2) is 40.8 Å². The quantitative estimate of drug-likeness (QED) is 0.746. The number of hydrogen-bond acceptors (Lipinski definition) is 4. The monoisotopic (exact) mass is 276 g/mol. The van der Waals surface area contributed by atoms with Gasteiger partial charge in [0.05, 0.1) is 0 Å². The Morgan fingerprint density at radius 2 is 2.00 bits per heavy atom. The zero-order chi connectivity index (χ0) is 14.1. The lowest BCUT2D eigenvalue weighted by Crippen LogP contribution is -1.97. The van der Waals surface area contributed by atoms with Crippen molar-refractivity contribution in [3.8, 4) is 5.75 Å². The number of hydrogen-bond donors (Lipinski definition) is 1. The smallest absolute Gasteiger partial charge is 0.233 e. The van der Waals surface area contributed by atoms with Crippen molar-refractivity contribution in [3.63, 3.8) is 0 Å². The van der Waals surface area contributed by atoms with Crippen LogP contribution in [0, 0.1) is 11.6 Å². The van der Waals surface area contributed by atoms with Crippen molar-refractivity contribution in [2.24, 2.45) is 0 Å². The number of nitrogens with zero attached hydrogens (tertiary/aromatic N) is 1. The molecule has 102 valence electrons. The molecule has 0 spiro atoms. The Labute approximate surface area is 112 Å². The summed E-state index contributed by atoms with van der Waals surface area (Å²) in [5.74, 6) is -1.21. The van der Waals surface area contributed by atoms with Gasteiger partial charge in [0, 0.05) is 17.8 Å². The highest BCUT2D eigenvalue weighted by Gasteiger charge is 2.09. The first-order chi connectivity index (χ1) is 9.61. The van der Waals surface area contributed by atoms with Crippen LogP contribution in [-0.2, 0) is 6.61 Å². The number of fused-ring (bicyclic) bond motifs is 1. The second-order valence-corrected chi connectivity index (χ2v) is 4.20. The van der Waals surface area contributed by atoms with Gasteiger partial charge in [0.15, 0.2) is 23.8 Å². The lowest BCUT2D eigenvalue weighted by atomic mass is 10.3. The number of halogens is 2. The van der Waals surface area contributed by atoms with Gasteiger partial charge in [0.25, 0.3) is 0 Å². The molecule has 2 N–H and O–H groups in total. The molecule has 1 aromatic heterocycles. The summed E-state index contributed by atoms with van der Waals surface area (Å²) < 4.78 is 36.8. The fourth-order valence-corrected chi connectivity index (χ4v) is 1.78. The van der Waals surface area contributed by atoms with Gasteiger partial charge in [-0.2, -0.15) is 0 Å². The molecule has 1 heterocycles. The van der Waals surface area contributed by atoms with Crippen molar-refractivity contribution >= 4 is 16.8 Å². The average molecular weight is 276 g/mol. The van der Waals surface area contributed by atoms with Crippen LogP contribution in [0.5, 0.6) is 5.75 Å². The van der Waals surface area contributed by atoms with E-state index < -0.39 is 11.6 Å². The molecule has 0 aliphatic rings. The molecule has 0 aliphatic heterocycles. The van der Waals surface area contributed by atoms with E-state index in [1.54, 1.807) is 18.2 Å². The third-order valence-electron chi connectivity index (χ3n) is 2.70. The molecule has 0 aliphatic carbocycles. The maximum atomic E-state index is 13.4. The predicted molar refractivity (Wildman–Crippen MR) is 69.1 cm³/mol. The maximum Gasteiger partial charge on any atom is 0.233 e. The maximum absolute atomic E-state index is 13.4. The fourth-order valence-electron chi connectivity index (χ4n) is 1.78. The molecule has 3 rings (SSSR count). The zero-order valence-electron chi connectivity index (χ0n) is 10.3. The van der Waals surface area contributed by atoms with Crippen molar-refractivity contribution in [2.45, 2.75) is 6.61 Å². The summed E-state index contributed by atoms with van der Waals surface area (Å²) in [6, 6.07) is 8.15. The van der Waals surface area contributed by atoms with Crippen molar-refractivity contribution in [2.75, 3.05) is 5.73 Å². The van der Waals surface area contributed by atoms with Crippen molar-refractivity contribution in [1.29, 1.82) is 0 Å². The zero-order valence-corrected chi connectivity index (χ0v) is 10.3. The molecule has 0 bridgehead atoms. The average Bonchev–Trinajstić information content (AvgIpc) is 2.79. The van der Waals surface area contributed by atoms with Crippen LogP contribution in [0.25, 0.3) is 11.1 Å². The Balaban J connectivity index is 1.79. The van der Waals surface area contributed by atoms with Gasteiger partial charge in [0.2, 0.25) is 5.89 Å². The minimum absolute atomic E-state index is 0.0584. The number of nitrogens with two attached hydrogens (primary N) is 1. The van der Waals surface area contributed by atoms with E-state index in [0.29, 0.717) is 16.8 Å². The third kappa shape index (κ3) is 2.40. The minimum atomic E-state index is -0.773. The predicted octanol–water partition coefficient (Wildman–Crippen LogP) is 3.27. The highest BCUT2D eigenvalue weighted by Crippen LogP contribution is 2.21. The first kappa shape index (κ1) is 12.4. The molecule has 0 unspecified atom stereocenters. The molecule has 0 radical (unpaired) electrons. The third-order valence-corrected chi connectivity index (χ3v) is 2.70. The molecule has 0 saturated carbocycles. The first-order valence-electron chi connectivity index (χ1n) is 5.84. The molecule has 2 aromatic carbocycles. The summed E-state index contributed by atoms with van der Waals surface area (Å²) in [5.41, 5.74) is 7.36. The number of nitrogen functional groups attached to an aromatic ring is 1. The summed E-state index contributed by atoms with van der Waals surface area (Å²) in [6.07, 6.45) is 0. The minimum Gasteiger partial charge on any atom is -0.481 e. The molecule has 20 heavy (non-hydrogen) atoms. The number of ether oxygens (including phenoxy) is 1. The van der Waals surface area contributed by atoms with E-state index in [2.05, 4.69) is 4.98 Å². The number of benzene rings is 2. The number of oxazole rings is 1. The SMILES string of the molecule is Nc1ccc2nc(COc3ccc(F)cc3F)oc2c1. The Bertz CT molecular complexity index is 771. The summed E-state index contributed by atoms with van der Waals surface area (Å²) >= 11 is 0. The van der Waals surface area contributed by atoms with Crippen LogP contribution >= 0.6 is 0 Å². The van der Waals surface area contributed by atoms with Crippen LogP contribution in [0.1, 0.15) is 5.89 Å². The molecule has 0 atom stereocenters. The van der Waals surface area contributed by atoms with Gasteiger partial charge in [-0.1, -0.05) is 0 Å². The van der Waals surface area contributed by atoms with E-state index in [-0.39, 0.29) is 18.2 Å². The van der Waals surface area contributed by atoms with E-state index in [4.69, 9.17) is 14.9 Å². The lowest BCUT2D eigenvalue weighted by Gasteiger charge is -2.04. The first-order valence-corrected chi connectivity index (χ1v) is 5.84. The topological polar surface area (TPSA) is 61.3 Å². The van der Waals surface area contributed by atoms with E-state index >= 15 is 0 Å². The van der Waals surface area contributed by atoms with Gasteiger partial charge >= 0.3 is 0 Å².